The average Bonchev–Trinajstić information content (AvgIpc) is 2.89. The smallest absolute Gasteiger partial charge is 0.269 e. The van der Waals surface area contributed by atoms with E-state index >= 15 is 0 Å². The van der Waals surface area contributed by atoms with E-state index in [0.29, 0.717) is 24.2 Å². The van der Waals surface area contributed by atoms with Crippen molar-refractivity contribution in [1.82, 2.24) is 20.4 Å². The number of hydrogen-bond donors (Lipinski definition) is 2. The van der Waals surface area contributed by atoms with Gasteiger partial charge in [-0.2, -0.15) is 0 Å². The van der Waals surface area contributed by atoms with Gasteiger partial charge in [-0.1, -0.05) is 0 Å². The largest absolute Gasteiger partial charge is 0.352 e. The van der Waals surface area contributed by atoms with Crippen molar-refractivity contribution >= 4 is 23.2 Å². The molecule has 0 aliphatic carbocycles. The first-order chi connectivity index (χ1) is 17.3. The number of rotatable bonds is 12. The van der Waals surface area contributed by atoms with Crippen LogP contribution < -0.4 is 10.6 Å². The molecule has 0 unspecified atom stereocenters. The van der Waals surface area contributed by atoms with E-state index in [1.54, 1.807) is 0 Å². The molecule has 36 heavy (non-hydrogen) atoms. The Morgan fingerprint density at radius 1 is 0.667 bits per heavy atom. The number of hydrogen-bond acceptors (Lipinski definition) is 8. The predicted octanol–water partition coefficient (Wildman–Crippen LogP) is 2.06. The van der Waals surface area contributed by atoms with Crippen LogP contribution in [-0.2, 0) is 0 Å². The topological polar surface area (TPSA) is 151 Å². The molecule has 0 spiro atoms. The van der Waals surface area contributed by atoms with Crippen molar-refractivity contribution in [3.8, 4) is 0 Å². The quantitative estimate of drug-likeness (QED) is 0.256. The molecule has 192 valence electrons. The molecule has 12 nitrogen and oxygen atoms in total. The third kappa shape index (κ3) is 8.10. The van der Waals surface area contributed by atoms with Crippen LogP contribution >= 0.6 is 0 Å². The van der Waals surface area contributed by atoms with Crippen LogP contribution in [0.15, 0.2) is 48.5 Å². The molecule has 2 aromatic carbocycles. The van der Waals surface area contributed by atoms with E-state index in [2.05, 4.69) is 20.4 Å². The minimum Gasteiger partial charge on any atom is -0.352 e. The Labute approximate surface area is 208 Å². The van der Waals surface area contributed by atoms with Crippen molar-refractivity contribution in [2.45, 2.75) is 12.8 Å². The molecule has 1 aliphatic heterocycles. The lowest BCUT2D eigenvalue weighted by molar-refractivity contribution is -0.385. The summed E-state index contributed by atoms with van der Waals surface area (Å²) in [5.41, 5.74) is 0.715. The van der Waals surface area contributed by atoms with Crippen molar-refractivity contribution in [3.05, 3.63) is 79.9 Å². The number of nitrogens with one attached hydrogen (secondary N) is 2. The van der Waals surface area contributed by atoms with E-state index < -0.39 is 9.85 Å². The van der Waals surface area contributed by atoms with Gasteiger partial charge in [0.05, 0.1) is 9.85 Å². The van der Waals surface area contributed by atoms with Gasteiger partial charge in [0, 0.05) is 74.7 Å². The summed E-state index contributed by atoms with van der Waals surface area (Å²) in [5.74, 6) is -0.481. The summed E-state index contributed by atoms with van der Waals surface area (Å²) < 4.78 is 0. The van der Waals surface area contributed by atoms with Crippen LogP contribution in [0.5, 0.6) is 0 Å². The predicted molar refractivity (Wildman–Crippen MR) is 133 cm³/mol. The van der Waals surface area contributed by atoms with Gasteiger partial charge in [-0.3, -0.25) is 29.8 Å². The normalized spacial score (nSPS) is 14.2. The second-order valence-electron chi connectivity index (χ2n) is 8.51. The zero-order valence-electron chi connectivity index (χ0n) is 19.9. The number of carbonyl (C=O) groups excluding carboxylic acids is 2. The molecule has 0 saturated carbocycles. The average molecular weight is 499 g/mol. The second-order valence-corrected chi connectivity index (χ2v) is 8.51. The fourth-order valence-corrected chi connectivity index (χ4v) is 3.92. The minimum atomic E-state index is -0.496. The molecule has 3 rings (SSSR count). The molecule has 2 amide bonds. The van der Waals surface area contributed by atoms with Gasteiger partial charge < -0.3 is 20.4 Å². The van der Waals surface area contributed by atoms with E-state index in [9.17, 15) is 29.8 Å². The molecule has 2 aromatic rings. The van der Waals surface area contributed by atoms with Crippen LogP contribution in [0.25, 0.3) is 0 Å². The van der Waals surface area contributed by atoms with Crippen LogP contribution in [0, 0.1) is 20.2 Å². The van der Waals surface area contributed by atoms with E-state index in [1.165, 1.54) is 48.5 Å². The monoisotopic (exact) mass is 498 g/mol. The first-order valence-electron chi connectivity index (χ1n) is 11.8. The van der Waals surface area contributed by atoms with Gasteiger partial charge in [0.1, 0.15) is 0 Å². The van der Waals surface area contributed by atoms with Crippen molar-refractivity contribution in [2.24, 2.45) is 0 Å². The molecule has 12 heteroatoms. The van der Waals surface area contributed by atoms with Gasteiger partial charge >= 0.3 is 0 Å². The first-order valence-corrected chi connectivity index (χ1v) is 11.8. The van der Waals surface area contributed by atoms with Gasteiger partial charge in [-0.25, -0.2) is 0 Å². The van der Waals surface area contributed by atoms with Gasteiger partial charge in [-0.15, -0.1) is 0 Å². The molecule has 0 radical (unpaired) electrons. The van der Waals surface area contributed by atoms with Crippen LogP contribution in [0.1, 0.15) is 33.6 Å². The van der Waals surface area contributed by atoms with Crippen LogP contribution in [0.2, 0.25) is 0 Å². The highest BCUT2D eigenvalue weighted by molar-refractivity contribution is 5.94. The van der Waals surface area contributed by atoms with E-state index in [4.69, 9.17) is 0 Å². The summed E-state index contributed by atoms with van der Waals surface area (Å²) >= 11 is 0. The maximum Gasteiger partial charge on any atom is 0.269 e. The highest BCUT2D eigenvalue weighted by atomic mass is 16.6. The number of carbonyl (C=O) groups is 2. The lowest BCUT2D eigenvalue weighted by Gasteiger charge is -2.34. The van der Waals surface area contributed by atoms with Gasteiger partial charge in [0.2, 0.25) is 0 Å². The number of nitrogens with zero attached hydrogens (tertiary/aromatic N) is 4. The Morgan fingerprint density at radius 3 is 1.31 bits per heavy atom. The standard InChI is InChI=1S/C24H30N6O6/c31-23(19-3-7-21(8-4-19)29(33)34)25-11-1-13-27-15-17-28(18-16-27)14-2-12-26-24(32)20-5-9-22(10-6-20)30(35)36/h3-10H,1-2,11-18H2,(H,25,31)(H,26,32). The fourth-order valence-electron chi connectivity index (χ4n) is 3.92. The Kier molecular flexibility index (Phi) is 9.83. The molecule has 0 aromatic heterocycles. The Hall–Kier alpha value is -3.90. The van der Waals surface area contributed by atoms with Gasteiger partial charge in [-0.05, 0) is 50.2 Å². The summed E-state index contributed by atoms with van der Waals surface area (Å²) in [6.07, 6.45) is 1.63. The molecule has 0 bridgehead atoms. The second kappa shape index (κ2) is 13.3. The summed E-state index contributed by atoms with van der Waals surface area (Å²) in [7, 11) is 0. The molecular weight excluding hydrogens is 468 g/mol. The summed E-state index contributed by atoms with van der Waals surface area (Å²) in [4.78, 5) is 49.4. The summed E-state index contributed by atoms with van der Waals surface area (Å²) in [6.45, 7) is 6.56. The number of non-ortho nitro benzene ring substituents is 2. The number of piperazine rings is 1. The summed E-state index contributed by atoms with van der Waals surface area (Å²) in [6, 6.07) is 11.1. The molecule has 1 aliphatic rings. The number of nitro benzene ring substituents is 2. The lowest BCUT2D eigenvalue weighted by Crippen LogP contribution is -2.47. The zero-order chi connectivity index (χ0) is 25.9. The molecule has 1 fully saturated rings. The summed E-state index contributed by atoms with van der Waals surface area (Å²) in [5, 5.41) is 27.1. The highest BCUT2D eigenvalue weighted by Crippen LogP contribution is 2.13. The lowest BCUT2D eigenvalue weighted by atomic mass is 10.2. The zero-order valence-corrected chi connectivity index (χ0v) is 19.9. The maximum atomic E-state index is 12.2. The SMILES string of the molecule is O=C(NCCCN1CCN(CCCNC(=O)c2ccc([N+](=O)[O-])cc2)CC1)c1ccc([N+](=O)[O-])cc1. The van der Waals surface area contributed by atoms with Crippen molar-refractivity contribution in [2.75, 3.05) is 52.4 Å². The van der Waals surface area contributed by atoms with E-state index in [0.717, 1.165) is 52.1 Å². The minimum absolute atomic E-state index is 0.0438. The molecular formula is C24H30N6O6. The third-order valence-electron chi connectivity index (χ3n) is 6.02. The Bertz CT molecular complexity index is 966. The fraction of sp³-hybridized carbons (Fsp3) is 0.417. The molecule has 1 heterocycles. The van der Waals surface area contributed by atoms with Crippen LogP contribution in [-0.4, -0.2) is 83.8 Å². The van der Waals surface area contributed by atoms with Gasteiger partial charge in [0.15, 0.2) is 0 Å². The van der Waals surface area contributed by atoms with Crippen LogP contribution in [0.4, 0.5) is 11.4 Å². The number of nitro groups is 2. The molecule has 1 saturated heterocycles. The number of benzene rings is 2. The molecule has 0 atom stereocenters. The van der Waals surface area contributed by atoms with Gasteiger partial charge in [0.25, 0.3) is 23.2 Å². The first kappa shape index (κ1) is 26.7. The van der Waals surface area contributed by atoms with Crippen molar-refractivity contribution in [3.63, 3.8) is 0 Å². The van der Waals surface area contributed by atoms with Crippen LogP contribution in [0.3, 0.4) is 0 Å². The maximum absolute atomic E-state index is 12.2. The Balaban J connectivity index is 1.24. The number of amides is 2. The highest BCUT2D eigenvalue weighted by Gasteiger charge is 2.16. The molecule has 2 N–H and O–H groups in total. The Morgan fingerprint density at radius 2 is 1.00 bits per heavy atom. The van der Waals surface area contributed by atoms with Crippen molar-refractivity contribution < 1.29 is 19.4 Å². The van der Waals surface area contributed by atoms with E-state index in [1.807, 2.05) is 0 Å². The van der Waals surface area contributed by atoms with Crippen molar-refractivity contribution in [1.29, 1.82) is 0 Å². The third-order valence-corrected chi connectivity index (χ3v) is 6.02. The van der Waals surface area contributed by atoms with E-state index in [-0.39, 0.29) is 23.2 Å².